The number of carbonyl (C=O) groups excluding carboxylic acids is 1. The predicted octanol–water partition coefficient (Wildman–Crippen LogP) is 0.948. The summed E-state index contributed by atoms with van der Waals surface area (Å²) in [7, 11) is 1.53. The second kappa shape index (κ2) is 4.97. The third kappa shape index (κ3) is 2.45. The molecule has 1 aliphatic heterocycles. The molecule has 1 aromatic heterocycles. The lowest BCUT2D eigenvalue weighted by atomic mass is 10.0. The van der Waals surface area contributed by atoms with E-state index in [0.29, 0.717) is 11.6 Å². The zero-order valence-corrected chi connectivity index (χ0v) is 9.91. The van der Waals surface area contributed by atoms with Crippen LogP contribution in [0.5, 0.6) is 5.88 Å². The first kappa shape index (κ1) is 11.6. The second-order valence-electron chi connectivity index (χ2n) is 3.85. The highest BCUT2D eigenvalue weighted by atomic mass is 16.5. The number of nitrogens with zero attached hydrogens (tertiary/aromatic N) is 1. The Bertz CT molecular complexity index is 463. The molecule has 0 bridgehead atoms. The number of ether oxygens (including phenoxy) is 1. The molecular formula is C12H15N3O2. The fraction of sp³-hybridized carbons (Fsp3) is 0.333. The maximum atomic E-state index is 11.9. The van der Waals surface area contributed by atoms with Crippen molar-refractivity contribution in [2.75, 3.05) is 25.5 Å². The molecule has 1 saturated heterocycles. The molecule has 2 rings (SSSR count). The first-order chi connectivity index (χ1) is 8.22. The molecule has 17 heavy (non-hydrogen) atoms. The van der Waals surface area contributed by atoms with Crippen molar-refractivity contribution in [3.05, 3.63) is 29.5 Å². The molecule has 0 aliphatic carbocycles. The van der Waals surface area contributed by atoms with E-state index in [1.165, 1.54) is 7.11 Å². The Morgan fingerprint density at radius 3 is 2.88 bits per heavy atom. The van der Waals surface area contributed by atoms with Gasteiger partial charge in [-0.3, -0.25) is 4.79 Å². The summed E-state index contributed by atoms with van der Waals surface area (Å²) in [5, 5.41) is 5.91. The Kier molecular flexibility index (Phi) is 3.39. The molecule has 0 unspecified atom stereocenters. The van der Waals surface area contributed by atoms with E-state index in [4.69, 9.17) is 4.74 Å². The molecule has 0 atom stereocenters. The Morgan fingerprint density at radius 2 is 2.29 bits per heavy atom. The first-order valence-corrected chi connectivity index (χ1v) is 5.42. The zero-order chi connectivity index (χ0) is 12.3. The fourth-order valence-electron chi connectivity index (χ4n) is 1.54. The number of nitrogens with one attached hydrogen (secondary N) is 2. The smallest absolute Gasteiger partial charge is 0.251 e. The zero-order valence-electron chi connectivity index (χ0n) is 9.91. The molecule has 1 amide bonds. The number of pyridine rings is 1. The van der Waals surface area contributed by atoms with Crippen molar-refractivity contribution in [1.29, 1.82) is 0 Å². The summed E-state index contributed by atoms with van der Waals surface area (Å²) in [5.74, 6) is 0.318. The summed E-state index contributed by atoms with van der Waals surface area (Å²) >= 11 is 0. The molecule has 0 radical (unpaired) electrons. The number of anilines is 1. The number of aromatic nitrogens is 1. The van der Waals surface area contributed by atoms with E-state index in [2.05, 4.69) is 15.6 Å². The van der Waals surface area contributed by atoms with E-state index in [9.17, 15) is 4.79 Å². The van der Waals surface area contributed by atoms with Crippen molar-refractivity contribution in [1.82, 2.24) is 10.3 Å². The van der Waals surface area contributed by atoms with Gasteiger partial charge in [0.15, 0.2) is 0 Å². The summed E-state index contributed by atoms with van der Waals surface area (Å²) in [6.45, 7) is 3.42. The van der Waals surface area contributed by atoms with Crippen LogP contribution in [0.4, 0.5) is 5.69 Å². The van der Waals surface area contributed by atoms with Gasteiger partial charge in [0.25, 0.3) is 5.91 Å². The van der Waals surface area contributed by atoms with Crippen molar-refractivity contribution in [3.63, 3.8) is 0 Å². The Morgan fingerprint density at radius 1 is 1.53 bits per heavy atom. The van der Waals surface area contributed by atoms with Gasteiger partial charge < -0.3 is 15.4 Å². The highest BCUT2D eigenvalue weighted by Gasteiger charge is 2.17. The Balaban J connectivity index is 2.13. The molecule has 2 heterocycles. The van der Waals surface area contributed by atoms with Crippen LogP contribution in [0.15, 0.2) is 29.5 Å². The lowest BCUT2D eigenvalue weighted by Crippen LogP contribution is -2.36. The summed E-state index contributed by atoms with van der Waals surface area (Å²) in [6, 6.07) is 3.52. The summed E-state index contributed by atoms with van der Waals surface area (Å²) in [6.07, 6.45) is 1.62. The van der Waals surface area contributed by atoms with Gasteiger partial charge in [-0.2, -0.15) is 0 Å². The van der Waals surface area contributed by atoms with Crippen LogP contribution < -0.4 is 15.4 Å². The number of rotatable bonds is 3. The molecular weight excluding hydrogens is 218 g/mol. The minimum Gasteiger partial charge on any atom is -0.480 e. The second-order valence-corrected chi connectivity index (χ2v) is 3.85. The van der Waals surface area contributed by atoms with E-state index in [1.807, 2.05) is 6.92 Å². The number of hydrogen-bond donors (Lipinski definition) is 2. The van der Waals surface area contributed by atoms with Gasteiger partial charge in [0.2, 0.25) is 5.88 Å². The van der Waals surface area contributed by atoms with Gasteiger partial charge >= 0.3 is 0 Å². The van der Waals surface area contributed by atoms with Crippen LogP contribution in [0.2, 0.25) is 0 Å². The Labute approximate surface area is 99.9 Å². The lowest BCUT2D eigenvalue weighted by molar-refractivity contribution is -0.112. The Hall–Kier alpha value is -1.88. The van der Waals surface area contributed by atoms with E-state index < -0.39 is 0 Å². The number of amides is 1. The molecule has 1 fully saturated rings. The van der Waals surface area contributed by atoms with E-state index >= 15 is 0 Å². The molecule has 0 aromatic carbocycles. The van der Waals surface area contributed by atoms with Gasteiger partial charge in [-0.1, -0.05) is 0 Å². The summed E-state index contributed by atoms with van der Waals surface area (Å²) in [4.78, 5) is 16.0. The van der Waals surface area contributed by atoms with Gasteiger partial charge in [-0.25, -0.2) is 4.98 Å². The highest BCUT2D eigenvalue weighted by Crippen LogP contribution is 2.21. The SMILES string of the molecule is COc1ncccc1NC(=O)C(C)=C1CNC1. The quantitative estimate of drug-likeness (QED) is 0.763. The minimum atomic E-state index is -0.104. The van der Waals surface area contributed by atoms with Crippen molar-refractivity contribution in [3.8, 4) is 5.88 Å². The van der Waals surface area contributed by atoms with E-state index in [-0.39, 0.29) is 5.91 Å². The monoisotopic (exact) mass is 233 g/mol. The van der Waals surface area contributed by atoms with E-state index in [0.717, 1.165) is 24.2 Å². The van der Waals surface area contributed by atoms with Gasteiger partial charge in [0, 0.05) is 24.9 Å². The van der Waals surface area contributed by atoms with Crippen LogP contribution in [-0.2, 0) is 4.79 Å². The van der Waals surface area contributed by atoms with E-state index in [1.54, 1.807) is 18.3 Å². The molecule has 1 aromatic rings. The van der Waals surface area contributed by atoms with Crippen LogP contribution in [0.3, 0.4) is 0 Å². The van der Waals surface area contributed by atoms with Crippen molar-refractivity contribution in [2.24, 2.45) is 0 Å². The highest BCUT2D eigenvalue weighted by molar-refractivity contribution is 6.04. The maximum Gasteiger partial charge on any atom is 0.251 e. The molecule has 0 spiro atoms. The molecule has 0 saturated carbocycles. The third-order valence-corrected chi connectivity index (χ3v) is 2.76. The van der Waals surface area contributed by atoms with Crippen molar-refractivity contribution < 1.29 is 9.53 Å². The average Bonchev–Trinajstić information content (AvgIpc) is 2.27. The van der Waals surface area contributed by atoms with Gasteiger partial charge in [0.1, 0.15) is 5.69 Å². The van der Waals surface area contributed by atoms with Gasteiger partial charge in [0.05, 0.1) is 7.11 Å². The van der Waals surface area contributed by atoms with Crippen molar-refractivity contribution in [2.45, 2.75) is 6.92 Å². The topological polar surface area (TPSA) is 63.2 Å². The average molecular weight is 233 g/mol. The van der Waals surface area contributed by atoms with Gasteiger partial charge in [-0.15, -0.1) is 0 Å². The molecule has 5 heteroatoms. The normalized spacial score (nSPS) is 13.9. The van der Waals surface area contributed by atoms with Crippen molar-refractivity contribution >= 4 is 11.6 Å². The molecule has 5 nitrogen and oxygen atoms in total. The molecule has 2 N–H and O–H groups in total. The standard InChI is InChI=1S/C12H15N3O2/c1-8(9-6-13-7-9)11(16)15-10-4-3-5-14-12(10)17-2/h3-5,13H,6-7H2,1-2H3,(H,15,16). The molecule has 1 aliphatic rings. The number of methoxy groups -OCH3 is 1. The minimum absolute atomic E-state index is 0.104. The summed E-state index contributed by atoms with van der Waals surface area (Å²) < 4.78 is 5.07. The fourth-order valence-corrected chi connectivity index (χ4v) is 1.54. The van der Waals surface area contributed by atoms with Crippen LogP contribution in [0.1, 0.15) is 6.92 Å². The number of hydrogen-bond acceptors (Lipinski definition) is 4. The first-order valence-electron chi connectivity index (χ1n) is 5.42. The third-order valence-electron chi connectivity index (χ3n) is 2.76. The largest absolute Gasteiger partial charge is 0.480 e. The predicted molar refractivity (Wildman–Crippen MR) is 65.0 cm³/mol. The number of carbonyl (C=O) groups is 1. The van der Waals surface area contributed by atoms with Crippen LogP contribution in [0, 0.1) is 0 Å². The maximum absolute atomic E-state index is 11.9. The van der Waals surface area contributed by atoms with Crippen LogP contribution in [-0.4, -0.2) is 31.1 Å². The van der Waals surface area contributed by atoms with Crippen LogP contribution >= 0.6 is 0 Å². The summed E-state index contributed by atoms with van der Waals surface area (Å²) in [5.41, 5.74) is 2.49. The lowest BCUT2D eigenvalue weighted by Gasteiger charge is -2.21. The van der Waals surface area contributed by atoms with Crippen LogP contribution in [0.25, 0.3) is 0 Å². The van der Waals surface area contributed by atoms with Gasteiger partial charge in [-0.05, 0) is 24.6 Å². The molecule has 90 valence electrons.